The molecule has 0 aliphatic heterocycles. The zero-order valence-corrected chi connectivity index (χ0v) is 16.6. The first-order chi connectivity index (χ1) is 14.6. The number of hydrazone groups is 1. The number of ether oxygens (including phenoxy) is 3. The molecule has 0 aliphatic rings. The van der Waals surface area contributed by atoms with E-state index >= 15 is 0 Å². The van der Waals surface area contributed by atoms with Gasteiger partial charge in [0.05, 0.1) is 31.0 Å². The molecule has 0 atom stereocenters. The maximum atomic E-state index is 10.7. The lowest BCUT2D eigenvalue weighted by Gasteiger charge is -2.12. The average molecular weight is 407 g/mol. The van der Waals surface area contributed by atoms with Gasteiger partial charge in [-0.15, -0.1) is 0 Å². The number of hydrogen-bond acceptors (Lipinski definition) is 7. The van der Waals surface area contributed by atoms with Gasteiger partial charge in [-0.05, 0) is 48.0 Å². The molecule has 0 unspecified atom stereocenters. The Morgan fingerprint density at radius 3 is 2.47 bits per heavy atom. The van der Waals surface area contributed by atoms with Crippen molar-refractivity contribution in [3.63, 3.8) is 0 Å². The minimum absolute atomic E-state index is 0.0281. The second-order valence-corrected chi connectivity index (χ2v) is 6.21. The van der Waals surface area contributed by atoms with Gasteiger partial charge in [0.2, 0.25) is 0 Å². The first-order valence-corrected chi connectivity index (χ1v) is 9.06. The van der Waals surface area contributed by atoms with Gasteiger partial charge in [-0.1, -0.05) is 6.07 Å². The number of nitro groups is 1. The molecule has 0 amide bonds. The van der Waals surface area contributed by atoms with Crippen molar-refractivity contribution in [1.82, 2.24) is 0 Å². The number of rotatable bonds is 9. The van der Waals surface area contributed by atoms with Crippen LogP contribution >= 0.6 is 0 Å². The molecular formula is C22H21N3O5. The summed E-state index contributed by atoms with van der Waals surface area (Å²) < 4.78 is 16.5. The highest BCUT2D eigenvalue weighted by atomic mass is 16.6. The normalized spacial score (nSPS) is 10.6. The monoisotopic (exact) mass is 407 g/mol. The molecule has 0 radical (unpaired) electrons. The van der Waals surface area contributed by atoms with Crippen molar-refractivity contribution in [2.24, 2.45) is 5.10 Å². The van der Waals surface area contributed by atoms with Gasteiger partial charge in [-0.2, -0.15) is 5.10 Å². The largest absolute Gasteiger partial charge is 0.497 e. The highest BCUT2D eigenvalue weighted by Gasteiger charge is 2.06. The summed E-state index contributed by atoms with van der Waals surface area (Å²) in [6.07, 6.45) is 1.65. The van der Waals surface area contributed by atoms with Gasteiger partial charge in [0, 0.05) is 23.8 Å². The summed E-state index contributed by atoms with van der Waals surface area (Å²) in [4.78, 5) is 10.3. The molecule has 0 saturated heterocycles. The van der Waals surface area contributed by atoms with Crippen LogP contribution in [0.25, 0.3) is 0 Å². The number of methoxy groups -OCH3 is 2. The Morgan fingerprint density at radius 1 is 1.00 bits per heavy atom. The van der Waals surface area contributed by atoms with Gasteiger partial charge >= 0.3 is 0 Å². The third-order valence-electron chi connectivity index (χ3n) is 4.23. The molecular weight excluding hydrogens is 386 g/mol. The molecule has 8 nitrogen and oxygen atoms in total. The molecule has 0 aromatic heterocycles. The van der Waals surface area contributed by atoms with Crippen LogP contribution in [-0.2, 0) is 6.61 Å². The Morgan fingerprint density at radius 2 is 1.77 bits per heavy atom. The molecule has 30 heavy (non-hydrogen) atoms. The number of nitrogens with one attached hydrogen (secondary N) is 1. The first kappa shape index (κ1) is 20.7. The Labute approximate surface area is 173 Å². The molecule has 0 aliphatic carbocycles. The van der Waals surface area contributed by atoms with Crippen LogP contribution in [0.5, 0.6) is 17.2 Å². The molecule has 0 fully saturated rings. The number of nitrogens with zero attached hydrogens (tertiary/aromatic N) is 2. The van der Waals surface area contributed by atoms with Gasteiger partial charge in [-0.25, -0.2) is 0 Å². The third-order valence-corrected chi connectivity index (χ3v) is 4.23. The maximum absolute atomic E-state index is 10.7. The summed E-state index contributed by atoms with van der Waals surface area (Å²) in [6, 6.07) is 19.0. The third kappa shape index (κ3) is 5.48. The fraction of sp³-hybridized carbons (Fsp3) is 0.136. The van der Waals surface area contributed by atoms with Crippen LogP contribution in [0.3, 0.4) is 0 Å². The molecule has 8 heteroatoms. The quantitative estimate of drug-likeness (QED) is 0.315. The molecule has 1 N–H and O–H groups in total. The Balaban J connectivity index is 1.67. The minimum Gasteiger partial charge on any atom is -0.497 e. The van der Waals surface area contributed by atoms with Crippen molar-refractivity contribution in [2.75, 3.05) is 19.6 Å². The molecule has 0 bridgehead atoms. The standard InChI is InChI=1S/C22H21N3O5/c1-28-20-4-3-5-21(13-20)30-15-17-12-16(6-11-22(17)29-2)14-23-24-18-7-9-19(10-8-18)25(26)27/h3-14,24H,15H2,1-2H3. The van der Waals surface area contributed by atoms with Crippen LogP contribution in [0.2, 0.25) is 0 Å². The predicted molar refractivity (Wildman–Crippen MR) is 115 cm³/mol. The first-order valence-electron chi connectivity index (χ1n) is 9.06. The average Bonchev–Trinajstić information content (AvgIpc) is 2.78. The zero-order valence-electron chi connectivity index (χ0n) is 16.6. The van der Waals surface area contributed by atoms with Crippen molar-refractivity contribution in [3.8, 4) is 17.2 Å². The van der Waals surface area contributed by atoms with Gasteiger partial charge in [0.1, 0.15) is 23.9 Å². The lowest BCUT2D eigenvalue weighted by Crippen LogP contribution is -2.00. The van der Waals surface area contributed by atoms with Crippen LogP contribution in [0.15, 0.2) is 71.8 Å². The number of hydrogen-bond donors (Lipinski definition) is 1. The van der Waals surface area contributed by atoms with E-state index in [9.17, 15) is 10.1 Å². The number of benzene rings is 3. The molecule has 3 aromatic rings. The van der Waals surface area contributed by atoms with E-state index in [1.54, 1.807) is 32.6 Å². The number of nitro benzene ring substituents is 1. The SMILES string of the molecule is COc1cccc(OCc2cc(C=NNc3ccc([N+](=O)[O-])cc3)ccc2OC)c1. The highest BCUT2D eigenvalue weighted by Crippen LogP contribution is 2.24. The van der Waals surface area contributed by atoms with Crippen LogP contribution in [0, 0.1) is 10.1 Å². The Kier molecular flexibility index (Phi) is 6.83. The summed E-state index contributed by atoms with van der Waals surface area (Å²) in [5, 5.41) is 14.9. The fourth-order valence-corrected chi connectivity index (χ4v) is 2.68. The maximum Gasteiger partial charge on any atom is 0.269 e. The highest BCUT2D eigenvalue weighted by molar-refractivity contribution is 5.81. The van der Waals surface area contributed by atoms with E-state index in [1.807, 2.05) is 42.5 Å². The number of non-ortho nitro benzene ring substituents is 1. The van der Waals surface area contributed by atoms with Gasteiger partial charge in [0.15, 0.2) is 0 Å². The van der Waals surface area contributed by atoms with E-state index in [-0.39, 0.29) is 5.69 Å². The lowest BCUT2D eigenvalue weighted by atomic mass is 10.1. The van der Waals surface area contributed by atoms with Crippen LogP contribution in [-0.4, -0.2) is 25.4 Å². The van der Waals surface area contributed by atoms with Crippen molar-refractivity contribution in [3.05, 3.63) is 88.0 Å². The summed E-state index contributed by atoms with van der Waals surface area (Å²) >= 11 is 0. The van der Waals surface area contributed by atoms with Gasteiger partial charge in [-0.3, -0.25) is 15.5 Å². The van der Waals surface area contributed by atoms with Crippen molar-refractivity contribution in [1.29, 1.82) is 0 Å². The van der Waals surface area contributed by atoms with E-state index < -0.39 is 4.92 Å². The summed E-state index contributed by atoms with van der Waals surface area (Å²) in [7, 11) is 3.21. The lowest BCUT2D eigenvalue weighted by molar-refractivity contribution is -0.384. The minimum atomic E-state index is -0.445. The van der Waals surface area contributed by atoms with Crippen LogP contribution < -0.4 is 19.6 Å². The summed E-state index contributed by atoms with van der Waals surface area (Å²) in [6.45, 7) is 0.313. The molecule has 154 valence electrons. The van der Waals surface area contributed by atoms with Crippen molar-refractivity contribution >= 4 is 17.6 Å². The zero-order chi connectivity index (χ0) is 21.3. The van der Waals surface area contributed by atoms with E-state index in [0.29, 0.717) is 23.8 Å². The Hall–Kier alpha value is -4.07. The number of anilines is 1. The van der Waals surface area contributed by atoms with Gasteiger partial charge in [0.25, 0.3) is 5.69 Å². The second-order valence-electron chi connectivity index (χ2n) is 6.21. The van der Waals surface area contributed by atoms with E-state index in [4.69, 9.17) is 14.2 Å². The summed E-state index contributed by atoms with van der Waals surface area (Å²) in [5.74, 6) is 2.12. The van der Waals surface area contributed by atoms with Crippen LogP contribution in [0.1, 0.15) is 11.1 Å². The van der Waals surface area contributed by atoms with Crippen molar-refractivity contribution in [2.45, 2.75) is 6.61 Å². The van der Waals surface area contributed by atoms with E-state index in [2.05, 4.69) is 10.5 Å². The predicted octanol–water partition coefficient (Wildman–Crippen LogP) is 4.64. The molecule has 3 aromatic carbocycles. The Bertz CT molecular complexity index is 1040. The van der Waals surface area contributed by atoms with E-state index in [0.717, 1.165) is 16.9 Å². The van der Waals surface area contributed by atoms with E-state index in [1.165, 1.54) is 12.1 Å². The molecule has 0 saturated carbocycles. The van der Waals surface area contributed by atoms with Crippen LogP contribution in [0.4, 0.5) is 11.4 Å². The molecule has 0 spiro atoms. The van der Waals surface area contributed by atoms with Gasteiger partial charge < -0.3 is 14.2 Å². The van der Waals surface area contributed by atoms with Crippen molar-refractivity contribution < 1.29 is 19.1 Å². The smallest absolute Gasteiger partial charge is 0.269 e. The topological polar surface area (TPSA) is 95.2 Å². The molecule has 0 heterocycles. The fourth-order valence-electron chi connectivity index (χ4n) is 2.68. The molecule has 3 rings (SSSR count). The summed E-state index contributed by atoms with van der Waals surface area (Å²) in [5.41, 5.74) is 5.22. The second kappa shape index (κ2) is 9.92.